The highest BCUT2D eigenvalue weighted by Gasteiger charge is 2.17. The molecule has 0 saturated carbocycles. The minimum Gasteiger partial charge on any atom is -0.317 e. The molecule has 0 unspecified atom stereocenters. The summed E-state index contributed by atoms with van der Waals surface area (Å²) < 4.78 is 0. The lowest BCUT2D eigenvalue weighted by atomic mass is 9.94. The number of aromatic nitrogens is 1. The monoisotopic (exact) mass is 221 g/mol. The molecular formula is C11H12ClN3. The Morgan fingerprint density at radius 1 is 1.40 bits per heavy atom. The summed E-state index contributed by atoms with van der Waals surface area (Å²) in [5.41, 5.74) is 1.47. The summed E-state index contributed by atoms with van der Waals surface area (Å²) in [6.07, 6.45) is 2.18. The van der Waals surface area contributed by atoms with Crippen LogP contribution < -0.4 is 5.32 Å². The van der Waals surface area contributed by atoms with Gasteiger partial charge in [0.1, 0.15) is 11.2 Å². The van der Waals surface area contributed by atoms with E-state index in [2.05, 4.69) is 10.3 Å². The van der Waals surface area contributed by atoms with Crippen LogP contribution in [-0.4, -0.2) is 18.1 Å². The smallest absolute Gasteiger partial charge is 0.147 e. The molecule has 1 aliphatic heterocycles. The van der Waals surface area contributed by atoms with E-state index in [1.165, 1.54) is 0 Å². The van der Waals surface area contributed by atoms with E-state index < -0.39 is 0 Å². The average molecular weight is 222 g/mol. The van der Waals surface area contributed by atoms with Gasteiger partial charge in [0.25, 0.3) is 0 Å². The molecular weight excluding hydrogens is 210 g/mol. The normalized spacial score (nSPS) is 17.3. The molecule has 2 rings (SSSR count). The predicted molar refractivity (Wildman–Crippen MR) is 58.8 cm³/mol. The molecule has 15 heavy (non-hydrogen) atoms. The zero-order valence-electron chi connectivity index (χ0n) is 8.33. The van der Waals surface area contributed by atoms with E-state index in [4.69, 9.17) is 16.9 Å². The van der Waals surface area contributed by atoms with E-state index >= 15 is 0 Å². The molecule has 1 saturated heterocycles. The van der Waals surface area contributed by atoms with Gasteiger partial charge in [-0.15, -0.1) is 0 Å². The summed E-state index contributed by atoms with van der Waals surface area (Å²) in [6.45, 7) is 2.06. The predicted octanol–water partition coefficient (Wildman–Crippen LogP) is 2.07. The van der Waals surface area contributed by atoms with Crippen LogP contribution in [0.2, 0.25) is 5.15 Å². The van der Waals surface area contributed by atoms with Crippen molar-refractivity contribution in [2.75, 3.05) is 13.1 Å². The van der Waals surface area contributed by atoms with E-state index in [9.17, 15) is 0 Å². The molecule has 1 aromatic rings. The van der Waals surface area contributed by atoms with Gasteiger partial charge in [0.2, 0.25) is 0 Å². The molecule has 1 fully saturated rings. The maximum Gasteiger partial charge on any atom is 0.147 e. The summed E-state index contributed by atoms with van der Waals surface area (Å²) >= 11 is 5.90. The van der Waals surface area contributed by atoms with Crippen LogP contribution in [-0.2, 0) is 0 Å². The fraction of sp³-hybridized carbons (Fsp3) is 0.455. The van der Waals surface area contributed by atoms with Crippen molar-refractivity contribution < 1.29 is 0 Å². The Hall–Kier alpha value is -1.11. The van der Waals surface area contributed by atoms with Gasteiger partial charge in [-0.1, -0.05) is 11.6 Å². The summed E-state index contributed by atoms with van der Waals surface area (Å²) in [6, 6.07) is 5.69. The van der Waals surface area contributed by atoms with E-state index in [-0.39, 0.29) is 0 Å². The van der Waals surface area contributed by atoms with Crippen molar-refractivity contribution in [3.8, 4) is 6.07 Å². The Labute approximate surface area is 94.1 Å². The third kappa shape index (κ3) is 2.28. The molecule has 3 nitrogen and oxygen atoms in total. The first kappa shape index (κ1) is 10.4. The van der Waals surface area contributed by atoms with Crippen molar-refractivity contribution in [3.05, 3.63) is 28.5 Å². The summed E-state index contributed by atoms with van der Waals surface area (Å²) in [5.74, 6) is 0.483. The van der Waals surface area contributed by atoms with Gasteiger partial charge in [-0.25, -0.2) is 4.98 Å². The number of piperidine rings is 1. The Morgan fingerprint density at radius 2 is 2.13 bits per heavy atom. The van der Waals surface area contributed by atoms with Crippen LogP contribution in [0.25, 0.3) is 0 Å². The van der Waals surface area contributed by atoms with Gasteiger partial charge in [-0.2, -0.15) is 5.26 Å². The largest absolute Gasteiger partial charge is 0.317 e. The number of nitriles is 1. The number of nitrogens with zero attached hydrogens (tertiary/aromatic N) is 2. The van der Waals surface area contributed by atoms with Gasteiger partial charge >= 0.3 is 0 Å². The van der Waals surface area contributed by atoms with Crippen LogP contribution in [0.15, 0.2) is 12.1 Å². The third-order valence-corrected chi connectivity index (χ3v) is 3.04. The van der Waals surface area contributed by atoms with Crippen molar-refractivity contribution in [1.29, 1.82) is 5.26 Å². The zero-order chi connectivity index (χ0) is 10.7. The minimum absolute atomic E-state index is 0.327. The Morgan fingerprint density at radius 3 is 2.73 bits per heavy atom. The van der Waals surface area contributed by atoms with Crippen LogP contribution in [0.3, 0.4) is 0 Å². The molecule has 4 heteroatoms. The minimum atomic E-state index is 0.327. The van der Waals surface area contributed by atoms with Crippen LogP contribution in [0.1, 0.15) is 30.0 Å². The van der Waals surface area contributed by atoms with E-state index in [0.29, 0.717) is 16.6 Å². The number of hydrogen-bond acceptors (Lipinski definition) is 3. The quantitative estimate of drug-likeness (QED) is 0.739. The van der Waals surface area contributed by atoms with Crippen LogP contribution >= 0.6 is 11.6 Å². The fourth-order valence-electron chi connectivity index (χ4n) is 1.88. The molecule has 0 bridgehead atoms. The van der Waals surface area contributed by atoms with Gasteiger partial charge in [0.15, 0.2) is 0 Å². The SMILES string of the molecule is N#Cc1ccc(C2CCNCC2)nc1Cl. The number of halogens is 1. The lowest BCUT2D eigenvalue weighted by Crippen LogP contribution is -2.27. The first-order chi connectivity index (χ1) is 7.31. The number of nitrogens with one attached hydrogen (secondary N) is 1. The van der Waals surface area contributed by atoms with Crippen molar-refractivity contribution in [2.45, 2.75) is 18.8 Å². The Balaban J connectivity index is 2.22. The van der Waals surface area contributed by atoms with E-state index in [1.807, 2.05) is 12.1 Å². The van der Waals surface area contributed by atoms with Crippen molar-refractivity contribution in [1.82, 2.24) is 10.3 Å². The second-order valence-corrected chi connectivity index (χ2v) is 4.07. The number of hydrogen-bond donors (Lipinski definition) is 1. The van der Waals surface area contributed by atoms with Gasteiger partial charge in [-0.3, -0.25) is 0 Å². The van der Waals surface area contributed by atoms with Gasteiger partial charge in [0, 0.05) is 11.6 Å². The molecule has 0 radical (unpaired) electrons. The van der Waals surface area contributed by atoms with Crippen LogP contribution in [0, 0.1) is 11.3 Å². The summed E-state index contributed by atoms with van der Waals surface area (Å²) in [5, 5.41) is 12.4. The first-order valence-electron chi connectivity index (χ1n) is 5.08. The lowest BCUT2D eigenvalue weighted by molar-refractivity contribution is 0.453. The summed E-state index contributed by atoms with van der Waals surface area (Å²) in [4.78, 5) is 4.28. The second-order valence-electron chi connectivity index (χ2n) is 3.71. The number of rotatable bonds is 1. The average Bonchev–Trinajstić information content (AvgIpc) is 2.30. The molecule has 1 N–H and O–H groups in total. The molecule has 0 spiro atoms. The molecule has 78 valence electrons. The maximum atomic E-state index is 8.74. The molecule has 1 aliphatic rings. The van der Waals surface area contributed by atoms with Crippen LogP contribution in [0.5, 0.6) is 0 Å². The molecule has 0 atom stereocenters. The lowest BCUT2D eigenvalue weighted by Gasteiger charge is -2.22. The first-order valence-corrected chi connectivity index (χ1v) is 5.46. The second kappa shape index (κ2) is 4.61. The molecule has 0 aromatic carbocycles. The van der Waals surface area contributed by atoms with E-state index in [1.54, 1.807) is 6.07 Å². The Kier molecular flexibility index (Phi) is 3.20. The zero-order valence-corrected chi connectivity index (χ0v) is 9.09. The van der Waals surface area contributed by atoms with Crippen LogP contribution in [0.4, 0.5) is 0 Å². The molecule has 1 aromatic heterocycles. The number of pyridine rings is 1. The highest BCUT2D eigenvalue weighted by Crippen LogP contribution is 2.25. The van der Waals surface area contributed by atoms with E-state index in [0.717, 1.165) is 31.6 Å². The van der Waals surface area contributed by atoms with Gasteiger partial charge in [-0.05, 0) is 38.1 Å². The van der Waals surface area contributed by atoms with Gasteiger partial charge < -0.3 is 5.32 Å². The fourth-order valence-corrected chi connectivity index (χ4v) is 2.08. The highest BCUT2D eigenvalue weighted by atomic mass is 35.5. The van der Waals surface area contributed by atoms with Crippen molar-refractivity contribution in [3.63, 3.8) is 0 Å². The van der Waals surface area contributed by atoms with Crippen molar-refractivity contribution in [2.24, 2.45) is 0 Å². The molecule has 2 heterocycles. The molecule has 0 amide bonds. The Bertz CT molecular complexity index is 391. The topological polar surface area (TPSA) is 48.7 Å². The standard InChI is InChI=1S/C11H12ClN3/c12-11-9(7-13)1-2-10(15-11)8-3-5-14-6-4-8/h1-2,8,14H,3-6H2. The van der Waals surface area contributed by atoms with Gasteiger partial charge in [0.05, 0.1) is 5.56 Å². The maximum absolute atomic E-state index is 8.74. The highest BCUT2D eigenvalue weighted by molar-refractivity contribution is 6.30. The summed E-state index contributed by atoms with van der Waals surface area (Å²) in [7, 11) is 0. The third-order valence-electron chi connectivity index (χ3n) is 2.75. The van der Waals surface area contributed by atoms with Crippen molar-refractivity contribution >= 4 is 11.6 Å². The molecule has 0 aliphatic carbocycles.